The minimum absolute atomic E-state index is 0.0182. The number of amides is 1. The van der Waals surface area contributed by atoms with E-state index < -0.39 is 53.9 Å². The van der Waals surface area contributed by atoms with Gasteiger partial charge in [-0.3, -0.25) is 4.90 Å². The van der Waals surface area contributed by atoms with Crippen molar-refractivity contribution in [1.82, 2.24) is 14.9 Å². The number of pyridine rings is 2. The van der Waals surface area contributed by atoms with Crippen LogP contribution >= 0.6 is 0 Å². The Bertz CT molecular complexity index is 1390. The Kier molecular flexibility index (Phi) is 11.3. The van der Waals surface area contributed by atoms with Crippen molar-refractivity contribution in [2.75, 3.05) is 13.7 Å². The summed E-state index contributed by atoms with van der Waals surface area (Å²) in [5, 5.41) is 0. The van der Waals surface area contributed by atoms with Crippen LogP contribution < -0.4 is 9.47 Å². The van der Waals surface area contributed by atoms with Crippen LogP contribution in [0, 0.1) is 11.3 Å². The third-order valence-corrected chi connectivity index (χ3v) is 8.70. The molecule has 47 heavy (non-hydrogen) atoms. The number of hydrogen-bond donors (Lipinski definition) is 0. The van der Waals surface area contributed by atoms with Crippen LogP contribution in [0.25, 0.3) is 0 Å². The van der Waals surface area contributed by atoms with Crippen molar-refractivity contribution in [2.45, 2.75) is 117 Å². The normalized spacial score (nSPS) is 22.5. The zero-order chi connectivity index (χ0) is 34.7. The number of halogens is 3. The molecule has 2 aromatic heterocycles. The summed E-state index contributed by atoms with van der Waals surface area (Å²) in [6, 6.07) is 2.75. The molecule has 260 valence electrons. The molecule has 2 aromatic rings. The van der Waals surface area contributed by atoms with Crippen molar-refractivity contribution >= 4 is 12.1 Å². The van der Waals surface area contributed by atoms with Gasteiger partial charge in [-0.25, -0.2) is 19.6 Å². The fourth-order valence-electron chi connectivity index (χ4n) is 6.27. The van der Waals surface area contributed by atoms with Crippen LogP contribution in [-0.2, 0) is 25.6 Å². The number of carbonyl (C=O) groups is 2. The number of ether oxygens (including phenoxy) is 5. The van der Waals surface area contributed by atoms with Crippen LogP contribution in [0.1, 0.15) is 96.4 Å². The Morgan fingerprint density at radius 2 is 1.79 bits per heavy atom. The fourth-order valence-corrected chi connectivity index (χ4v) is 6.27. The molecule has 4 rings (SSSR count). The molecule has 1 aliphatic carbocycles. The molecular formula is C34H46F3N3O7. The average molecular weight is 666 g/mol. The summed E-state index contributed by atoms with van der Waals surface area (Å²) in [5.41, 5.74) is 1.33. The summed E-state index contributed by atoms with van der Waals surface area (Å²) >= 11 is 0. The summed E-state index contributed by atoms with van der Waals surface area (Å²) in [7, 11) is 1.51. The molecule has 1 amide bonds. The van der Waals surface area contributed by atoms with Crippen molar-refractivity contribution in [3.8, 4) is 11.8 Å². The summed E-state index contributed by atoms with van der Waals surface area (Å²) < 4.78 is 69.8. The van der Waals surface area contributed by atoms with Crippen LogP contribution in [-0.4, -0.2) is 71.2 Å². The van der Waals surface area contributed by atoms with Crippen LogP contribution in [0.5, 0.6) is 11.8 Å². The van der Waals surface area contributed by atoms with Gasteiger partial charge < -0.3 is 23.7 Å². The Morgan fingerprint density at radius 1 is 1.09 bits per heavy atom. The Balaban J connectivity index is 1.89. The molecule has 2 fully saturated rings. The van der Waals surface area contributed by atoms with Gasteiger partial charge in [0, 0.05) is 29.4 Å². The predicted octanol–water partition coefficient (Wildman–Crippen LogP) is 7.16. The highest BCUT2D eigenvalue weighted by Crippen LogP contribution is 2.52. The van der Waals surface area contributed by atoms with Crippen molar-refractivity contribution in [1.29, 1.82) is 0 Å². The molecule has 1 aliphatic heterocycles. The number of aromatic nitrogens is 2. The number of methoxy groups -OCH3 is 1. The second-order valence-corrected chi connectivity index (χ2v) is 13.4. The summed E-state index contributed by atoms with van der Waals surface area (Å²) in [4.78, 5) is 37.7. The molecule has 2 aliphatic rings. The van der Waals surface area contributed by atoms with E-state index in [-0.39, 0.29) is 25.2 Å². The van der Waals surface area contributed by atoms with E-state index >= 15 is 0 Å². The van der Waals surface area contributed by atoms with Gasteiger partial charge in [-0.05, 0) is 75.6 Å². The number of rotatable bonds is 11. The maximum absolute atomic E-state index is 13.9. The second-order valence-electron chi connectivity index (χ2n) is 13.4. The van der Waals surface area contributed by atoms with Crippen molar-refractivity contribution in [3.05, 3.63) is 47.3 Å². The SMILES string of the molecule is CCOC(=O)C1[C@@H](C(C)(C)C)[C@H](OCc2cc(C3CCC3)cnc2OC)[C@H](c2cccnc2OC(C)C)N1C(=O)O[C@@H](C)C(F)(F)F. The van der Waals surface area contributed by atoms with E-state index in [1.54, 1.807) is 39.1 Å². The van der Waals surface area contributed by atoms with Gasteiger partial charge in [-0.1, -0.05) is 27.2 Å². The zero-order valence-electron chi connectivity index (χ0n) is 28.3. The fraction of sp³-hybridized carbons (Fsp3) is 0.647. The lowest BCUT2D eigenvalue weighted by atomic mass is 9.73. The van der Waals surface area contributed by atoms with E-state index in [2.05, 4.69) is 9.97 Å². The molecule has 5 atom stereocenters. The summed E-state index contributed by atoms with van der Waals surface area (Å²) in [6.45, 7) is 11.5. The molecule has 1 unspecified atom stereocenters. The molecule has 13 heteroatoms. The lowest BCUT2D eigenvalue weighted by Gasteiger charge is -2.35. The molecule has 0 radical (unpaired) electrons. The van der Waals surface area contributed by atoms with E-state index in [0.717, 1.165) is 36.6 Å². The number of esters is 1. The predicted molar refractivity (Wildman–Crippen MR) is 166 cm³/mol. The molecule has 1 saturated carbocycles. The molecule has 0 bridgehead atoms. The van der Waals surface area contributed by atoms with E-state index in [4.69, 9.17) is 23.7 Å². The van der Waals surface area contributed by atoms with Crippen molar-refractivity contribution < 1.29 is 46.4 Å². The first kappa shape index (κ1) is 36.2. The van der Waals surface area contributed by atoms with Crippen molar-refractivity contribution in [3.63, 3.8) is 0 Å². The van der Waals surface area contributed by atoms with E-state index in [9.17, 15) is 22.8 Å². The Labute approximate surface area is 274 Å². The van der Waals surface area contributed by atoms with Crippen molar-refractivity contribution in [2.24, 2.45) is 11.3 Å². The lowest BCUT2D eigenvalue weighted by Crippen LogP contribution is -2.49. The minimum Gasteiger partial charge on any atom is -0.481 e. The summed E-state index contributed by atoms with van der Waals surface area (Å²) in [6.07, 6.45) is -3.37. The third-order valence-electron chi connectivity index (χ3n) is 8.70. The number of hydrogen-bond acceptors (Lipinski definition) is 9. The van der Waals surface area contributed by atoms with Gasteiger partial charge >= 0.3 is 18.2 Å². The molecule has 3 heterocycles. The van der Waals surface area contributed by atoms with E-state index in [1.807, 2.05) is 26.8 Å². The maximum atomic E-state index is 13.9. The van der Waals surface area contributed by atoms with Gasteiger partial charge in [0.1, 0.15) is 6.04 Å². The summed E-state index contributed by atoms with van der Waals surface area (Å²) in [5.74, 6) is -0.680. The Hall–Kier alpha value is -3.61. The largest absolute Gasteiger partial charge is 0.481 e. The topological polar surface area (TPSA) is 109 Å². The highest BCUT2D eigenvalue weighted by Gasteiger charge is 2.61. The van der Waals surface area contributed by atoms with Gasteiger partial charge in [0.15, 0.2) is 6.10 Å². The van der Waals surface area contributed by atoms with Gasteiger partial charge in [0.2, 0.25) is 11.8 Å². The Morgan fingerprint density at radius 3 is 2.34 bits per heavy atom. The monoisotopic (exact) mass is 665 g/mol. The third kappa shape index (κ3) is 8.10. The first-order chi connectivity index (χ1) is 22.1. The number of nitrogens with zero attached hydrogens (tertiary/aromatic N) is 3. The second kappa shape index (κ2) is 14.7. The molecule has 10 nitrogen and oxygen atoms in total. The molecule has 0 N–H and O–H groups in total. The first-order valence-electron chi connectivity index (χ1n) is 16.1. The number of carbonyl (C=O) groups excluding carboxylic acids is 2. The number of likely N-dealkylation sites (tertiary alicyclic amines) is 1. The van der Waals surface area contributed by atoms with Gasteiger partial charge in [0.05, 0.1) is 38.6 Å². The number of alkyl halides is 3. The molecular weight excluding hydrogens is 619 g/mol. The molecule has 0 spiro atoms. The van der Waals surface area contributed by atoms with Crippen LogP contribution in [0.3, 0.4) is 0 Å². The van der Waals surface area contributed by atoms with Crippen LogP contribution in [0.2, 0.25) is 0 Å². The van der Waals surface area contributed by atoms with Gasteiger partial charge in [0.25, 0.3) is 0 Å². The van der Waals surface area contributed by atoms with Gasteiger partial charge in [-0.2, -0.15) is 13.2 Å². The van der Waals surface area contributed by atoms with Gasteiger partial charge in [-0.15, -0.1) is 0 Å². The maximum Gasteiger partial charge on any atom is 0.425 e. The lowest BCUT2D eigenvalue weighted by molar-refractivity contribution is -0.200. The van der Waals surface area contributed by atoms with E-state index in [1.165, 1.54) is 13.3 Å². The zero-order valence-corrected chi connectivity index (χ0v) is 28.3. The highest BCUT2D eigenvalue weighted by atomic mass is 19.4. The standard InChI is InChI=1S/C34H46F3N3O7/c1-9-44-31(41)27-25(33(5,6)7)28(45-18-23-16-22(21-12-10-13-21)17-39-29(23)43-8)26(24-14-11-15-38-30(24)46-19(2)3)40(27)32(42)47-20(4)34(35,36)37/h11,14-17,19-21,25-28H,9-10,12-13,18H2,1-8H3/t20-,25+,26-,27?,28-/m0/s1. The van der Waals surface area contributed by atoms with Crippen LogP contribution in [0.4, 0.5) is 18.0 Å². The molecule has 0 aromatic carbocycles. The average Bonchev–Trinajstić information content (AvgIpc) is 3.30. The molecule has 1 saturated heterocycles. The minimum atomic E-state index is -4.83. The van der Waals surface area contributed by atoms with E-state index in [0.29, 0.717) is 22.9 Å². The quantitative estimate of drug-likeness (QED) is 0.231. The highest BCUT2D eigenvalue weighted by molar-refractivity contribution is 5.83. The van der Waals surface area contributed by atoms with Crippen LogP contribution in [0.15, 0.2) is 30.6 Å². The first-order valence-corrected chi connectivity index (χ1v) is 16.1. The smallest absolute Gasteiger partial charge is 0.425 e.